The van der Waals surface area contributed by atoms with E-state index in [0.29, 0.717) is 11.1 Å². The zero-order valence-corrected chi connectivity index (χ0v) is 17.5. The molecule has 29 heavy (non-hydrogen) atoms. The van der Waals surface area contributed by atoms with Crippen molar-refractivity contribution >= 4 is 23.1 Å². The second kappa shape index (κ2) is 8.31. The number of nitrogens with zero attached hydrogens (tertiary/aromatic N) is 1. The first-order valence-corrected chi connectivity index (χ1v) is 9.57. The summed E-state index contributed by atoms with van der Waals surface area (Å²) in [5.41, 5.74) is 6.68. The number of aryl methyl sites for hydroxylation is 3. The molecule has 4 nitrogen and oxygen atoms in total. The van der Waals surface area contributed by atoms with Crippen LogP contribution in [0.25, 0.3) is 0 Å². The predicted octanol–water partition coefficient (Wildman–Crippen LogP) is 5.16. The summed E-state index contributed by atoms with van der Waals surface area (Å²) in [4.78, 5) is 27.5. The van der Waals surface area contributed by atoms with E-state index in [1.165, 1.54) is 0 Å². The molecule has 0 aliphatic rings. The van der Waals surface area contributed by atoms with E-state index in [9.17, 15) is 9.59 Å². The van der Waals surface area contributed by atoms with E-state index in [0.717, 1.165) is 33.6 Å². The molecule has 0 aromatic heterocycles. The van der Waals surface area contributed by atoms with E-state index in [4.69, 9.17) is 0 Å². The molecule has 148 valence electrons. The lowest BCUT2D eigenvalue weighted by Crippen LogP contribution is -2.13. The van der Waals surface area contributed by atoms with Crippen molar-refractivity contribution in [3.05, 3.63) is 94.0 Å². The molecule has 0 unspecified atom stereocenters. The van der Waals surface area contributed by atoms with Crippen molar-refractivity contribution in [1.82, 2.24) is 0 Å². The van der Waals surface area contributed by atoms with Gasteiger partial charge in [0.2, 0.25) is 0 Å². The molecular weight excluding hydrogens is 360 g/mol. The highest BCUT2D eigenvalue weighted by atomic mass is 16.1. The van der Waals surface area contributed by atoms with Crippen molar-refractivity contribution in [2.45, 2.75) is 20.8 Å². The average Bonchev–Trinajstić information content (AvgIpc) is 2.67. The van der Waals surface area contributed by atoms with E-state index in [1.807, 2.05) is 76.2 Å². The summed E-state index contributed by atoms with van der Waals surface area (Å²) in [7, 11) is 3.94. The highest BCUT2D eigenvalue weighted by Crippen LogP contribution is 2.21. The predicted molar refractivity (Wildman–Crippen MR) is 119 cm³/mol. The average molecular weight is 386 g/mol. The van der Waals surface area contributed by atoms with Crippen molar-refractivity contribution in [2.75, 3.05) is 24.3 Å². The van der Waals surface area contributed by atoms with Crippen LogP contribution in [-0.4, -0.2) is 25.8 Å². The molecule has 0 spiro atoms. The number of hydrogen-bond donors (Lipinski definition) is 1. The quantitative estimate of drug-likeness (QED) is 0.616. The van der Waals surface area contributed by atoms with Crippen LogP contribution >= 0.6 is 0 Å². The van der Waals surface area contributed by atoms with Gasteiger partial charge in [0.25, 0.3) is 5.91 Å². The summed E-state index contributed by atoms with van der Waals surface area (Å²) < 4.78 is 0. The van der Waals surface area contributed by atoms with Crippen LogP contribution < -0.4 is 10.2 Å². The van der Waals surface area contributed by atoms with Gasteiger partial charge in [-0.15, -0.1) is 0 Å². The van der Waals surface area contributed by atoms with E-state index >= 15 is 0 Å². The summed E-state index contributed by atoms with van der Waals surface area (Å²) >= 11 is 0. The lowest BCUT2D eigenvalue weighted by molar-refractivity contribution is 0.101. The molecule has 0 radical (unpaired) electrons. The van der Waals surface area contributed by atoms with E-state index in [-0.39, 0.29) is 11.7 Å². The normalized spacial score (nSPS) is 10.5. The third-order valence-corrected chi connectivity index (χ3v) is 4.95. The van der Waals surface area contributed by atoms with Gasteiger partial charge in [0, 0.05) is 42.2 Å². The lowest BCUT2D eigenvalue weighted by atomic mass is 9.93. The fraction of sp³-hybridized carbons (Fsp3) is 0.200. The third kappa shape index (κ3) is 4.54. The smallest absolute Gasteiger partial charge is 0.255 e. The van der Waals surface area contributed by atoms with Gasteiger partial charge in [0.05, 0.1) is 0 Å². The van der Waals surface area contributed by atoms with Gasteiger partial charge < -0.3 is 10.2 Å². The molecule has 1 amide bonds. The first-order valence-electron chi connectivity index (χ1n) is 9.57. The Hall–Kier alpha value is -3.40. The SMILES string of the molecule is Cc1cc(C)c(C(=O)c2ccc(C(=O)Nc3ccc(N(C)C)cc3)cc2)c(C)c1. The van der Waals surface area contributed by atoms with Crippen molar-refractivity contribution in [1.29, 1.82) is 0 Å². The largest absolute Gasteiger partial charge is 0.378 e. The summed E-state index contributed by atoms with van der Waals surface area (Å²) in [5, 5.41) is 2.89. The van der Waals surface area contributed by atoms with Crippen molar-refractivity contribution in [2.24, 2.45) is 0 Å². The van der Waals surface area contributed by atoms with E-state index in [2.05, 4.69) is 5.32 Å². The maximum Gasteiger partial charge on any atom is 0.255 e. The molecule has 3 aromatic rings. The summed E-state index contributed by atoms with van der Waals surface area (Å²) in [5.74, 6) is -0.226. The number of rotatable bonds is 5. The van der Waals surface area contributed by atoms with Gasteiger partial charge in [-0.1, -0.05) is 29.8 Å². The molecule has 0 aliphatic heterocycles. The minimum absolute atomic E-state index is 0.0220. The topological polar surface area (TPSA) is 49.4 Å². The Labute approximate surface area is 172 Å². The highest BCUT2D eigenvalue weighted by molar-refractivity contribution is 6.11. The number of anilines is 2. The van der Waals surface area contributed by atoms with Crippen LogP contribution in [0.3, 0.4) is 0 Å². The van der Waals surface area contributed by atoms with Crippen LogP contribution in [0.15, 0.2) is 60.7 Å². The summed E-state index contributed by atoms with van der Waals surface area (Å²) in [6.45, 7) is 5.93. The first kappa shape index (κ1) is 20.3. The van der Waals surface area contributed by atoms with Gasteiger partial charge in [-0.25, -0.2) is 0 Å². The monoisotopic (exact) mass is 386 g/mol. The van der Waals surface area contributed by atoms with Crippen molar-refractivity contribution < 1.29 is 9.59 Å². The first-order chi connectivity index (χ1) is 13.8. The molecule has 1 N–H and O–H groups in total. The maximum absolute atomic E-state index is 13.0. The zero-order valence-electron chi connectivity index (χ0n) is 17.5. The number of amides is 1. The minimum Gasteiger partial charge on any atom is -0.378 e. The fourth-order valence-electron chi connectivity index (χ4n) is 3.50. The van der Waals surface area contributed by atoms with Crippen LogP contribution in [-0.2, 0) is 0 Å². The molecule has 0 bridgehead atoms. The Morgan fingerprint density at radius 1 is 0.759 bits per heavy atom. The van der Waals surface area contributed by atoms with Crippen LogP contribution in [0, 0.1) is 20.8 Å². The number of nitrogens with one attached hydrogen (secondary N) is 1. The fourth-order valence-corrected chi connectivity index (χ4v) is 3.50. The van der Waals surface area contributed by atoms with Gasteiger partial charge >= 0.3 is 0 Å². The molecule has 0 fully saturated rings. The van der Waals surface area contributed by atoms with Gasteiger partial charge in [-0.2, -0.15) is 0 Å². The molecule has 0 saturated carbocycles. The van der Waals surface area contributed by atoms with E-state index < -0.39 is 0 Å². The summed E-state index contributed by atoms with van der Waals surface area (Å²) in [6.07, 6.45) is 0. The minimum atomic E-state index is -0.204. The van der Waals surface area contributed by atoms with Gasteiger partial charge in [-0.3, -0.25) is 9.59 Å². The number of hydrogen-bond acceptors (Lipinski definition) is 3. The van der Waals surface area contributed by atoms with Crippen LogP contribution in [0.5, 0.6) is 0 Å². The lowest BCUT2D eigenvalue weighted by Gasteiger charge is -2.13. The van der Waals surface area contributed by atoms with Crippen LogP contribution in [0.4, 0.5) is 11.4 Å². The maximum atomic E-state index is 13.0. The second-order valence-electron chi connectivity index (χ2n) is 7.58. The number of carbonyl (C=O) groups excluding carboxylic acids is 2. The molecule has 0 atom stereocenters. The Balaban J connectivity index is 1.76. The number of carbonyl (C=O) groups is 2. The Morgan fingerprint density at radius 3 is 1.79 bits per heavy atom. The Kier molecular flexibility index (Phi) is 5.83. The van der Waals surface area contributed by atoms with Gasteiger partial charge in [0.1, 0.15) is 0 Å². The van der Waals surface area contributed by atoms with Gasteiger partial charge in [-0.05, 0) is 68.3 Å². The van der Waals surface area contributed by atoms with Crippen molar-refractivity contribution in [3.8, 4) is 0 Å². The standard InChI is InChI=1S/C25H26N2O2/c1-16-14-17(2)23(18(3)15-16)24(28)19-6-8-20(9-7-19)25(29)26-21-10-12-22(13-11-21)27(4)5/h6-15H,1-5H3,(H,26,29). The molecule has 3 rings (SSSR count). The highest BCUT2D eigenvalue weighted by Gasteiger charge is 2.16. The number of ketones is 1. The molecule has 0 aliphatic carbocycles. The van der Waals surface area contributed by atoms with Crippen LogP contribution in [0.2, 0.25) is 0 Å². The van der Waals surface area contributed by atoms with Gasteiger partial charge in [0.15, 0.2) is 5.78 Å². The Bertz CT molecular complexity index is 1030. The van der Waals surface area contributed by atoms with E-state index in [1.54, 1.807) is 24.3 Å². The Morgan fingerprint density at radius 2 is 1.28 bits per heavy atom. The zero-order chi connectivity index (χ0) is 21.1. The molecule has 0 heterocycles. The molecule has 4 heteroatoms. The molecular formula is C25H26N2O2. The molecule has 0 saturated heterocycles. The third-order valence-electron chi connectivity index (χ3n) is 4.95. The summed E-state index contributed by atoms with van der Waals surface area (Å²) in [6, 6.07) is 18.5. The number of benzene rings is 3. The molecule has 3 aromatic carbocycles. The second-order valence-corrected chi connectivity index (χ2v) is 7.58. The van der Waals surface area contributed by atoms with Crippen molar-refractivity contribution in [3.63, 3.8) is 0 Å². The van der Waals surface area contributed by atoms with Crippen LogP contribution in [0.1, 0.15) is 43.0 Å².